The zero-order valence-corrected chi connectivity index (χ0v) is 9.98. The molecule has 13 heavy (non-hydrogen) atoms. The molecule has 0 aromatic rings. The van der Waals surface area contributed by atoms with Crippen molar-refractivity contribution < 1.29 is 5.11 Å². The van der Waals surface area contributed by atoms with E-state index in [9.17, 15) is 5.11 Å². The van der Waals surface area contributed by atoms with Gasteiger partial charge >= 0.3 is 0 Å². The molecule has 0 heterocycles. The summed E-state index contributed by atoms with van der Waals surface area (Å²) >= 11 is 0. The van der Waals surface area contributed by atoms with E-state index in [0.29, 0.717) is 12.0 Å². The molecule has 0 saturated heterocycles. The third-order valence-electron chi connectivity index (χ3n) is 2.94. The summed E-state index contributed by atoms with van der Waals surface area (Å²) in [6, 6.07) is 0. The highest BCUT2D eigenvalue weighted by Gasteiger charge is 2.21. The van der Waals surface area contributed by atoms with Gasteiger partial charge < -0.3 is 5.11 Å². The number of hydrogen-bond donors (Lipinski definition) is 1. The molecular formula is C12H26O. The molecule has 0 rings (SSSR count). The van der Waals surface area contributed by atoms with Crippen molar-refractivity contribution in [1.29, 1.82) is 0 Å². The second-order valence-corrected chi connectivity index (χ2v) is 5.74. The minimum absolute atomic E-state index is 0.158. The number of rotatable bonds is 5. The van der Waals surface area contributed by atoms with Crippen LogP contribution in [0.5, 0.6) is 0 Å². The maximum absolute atomic E-state index is 9.21. The van der Waals surface area contributed by atoms with Crippen molar-refractivity contribution in [2.24, 2.45) is 10.8 Å². The third kappa shape index (κ3) is 6.09. The van der Waals surface area contributed by atoms with Crippen molar-refractivity contribution in [3.8, 4) is 0 Å². The van der Waals surface area contributed by atoms with Gasteiger partial charge in [-0.2, -0.15) is 0 Å². The Bertz CT molecular complexity index is 129. The Morgan fingerprint density at radius 2 is 1.54 bits per heavy atom. The second-order valence-electron chi connectivity index (χ2n) is 5.74. The number of hydrogen-bond acceptors (Lipinski definition) is 1. The van der Waals surface area contributed by atoms with Crippen LogP contribution >= 0.6 is 0 Å². The first-order valence-electron chi connectivity index (χ1n) is 5.44. The van der Waals surface area contributed by atoms with Crippen molar-refractivity contribution in [2.45, 2.75) is 60.3 Å². The Morgan fingerprint density at radius 3 is 1.85 bits per heavy atom. The maximum atomic E-state index is 9.21. The van der Waals surface area contributed by atoms with Gasteiger partial charge in [0.1, 0.15) is 0 Å². The van der Waals surface area contributed by atoms with E-state index in [1.807, 2.05) is 0 Å². The molecule has 0 aliphatic heterocycles. The molecule has 80 valence electrons. The van der Waals surface area contributed by atoms with Crippen LogP contribution in [0, 0.1) is 10.8 Å². The lowest BCUT2D eigenvalue weighted by Crippen LogP contribution is -2.20. The van der Waals surface area contributed by atoms with Crippen molar-refractivity contribution in [1.82, 2.24) is 0 Å². The summed E-state index contributed by atoms with van der Waals surface area (Å²) in [6.45, 7) is 11.5. The van der Waals surface area contributed by atoms with E-state index in [1.165, 1.54) is 12.8 Å². The summed E-state index contributed by atoms with van der Waals surface area (Å²) in [6.07, 6.45) is 4.71. The summed E-state index contributed by atoms with van der Waals surface area (Å²) < 4.78 is 0. The van der Waals surface area contributed by atoms with Crippen LogP contribution in [0.1, 0.15) is 60.3 Å². The van der Waals surface area contributed by atoms with E-state index in [2.05, 4.69) is 34.6 Å². The van der Waals surface area contributed by atoms with Crippen LogP contribution < -0.4 is 0 Å². The standard InChI is InChI=1S/C12H26O/c1-6-12(5,10-13)9-7-8-11(2,3)4/h13H,6-10H2,1-5H3. The first kappa shape index (κ1) is 13.0. The molecule has 0 saturated carbocycles. The molecule has 0 aromatic carbocycles. The van der Waals surface area contributed by atoms with Crippen LogP contribution in [0.3, 0.4) is 0 Å². The first-order chi connectivity index (χ1) is 5.83. The van der Waals surface area contributed by atoms with Gasteiger partial charge in [0.15, 0.2) is 0 Å². The van der Waals surface area contributed by atoms with Gasteiger partial charge in [-0.25, -0.2) is 0 Å². The monoisotopic (exact) mass is 186 g/mol. The van der Waals surface area contributed by atoms with Gasteiger partial charge in [0.2, 0.25) is 0 Å². The molecule has 0 amide bonds. The highest BCUT2D eigenvalue weighted by molar-refractivity contribution is 4.73. The highest BCUT2D eigenvalue weighted by Crippen LogP contribution is 2.30. The largest absolute Gasteiger partial charge is 0.396 e. The lowest BCUT2D eigenvalue weighted by molar-refractivity contribution is 0.121. The van der Waals surface area contributed by atoms with E-state index < -0.39 is 0 Å². The fraction of sp³-hybridized carbons (Fsp3) is 1.00. The molecule has 0 spiro atoms. The lowest BCUT2D eigenvalue weighted by atomic mass is 9.80. The lowest BCUT2D eigenvalue weighted by Gasteiger charge is -2.27. The average Bonchev–Trinajstić information content (AvgIpc) is 2.02. The molecule has 0 radical (unpaired) electrons. The molecule has 1 unspecified atom stereocenters. The third-order valence-corrected chi connectivity index (χ3v) is 2.94. The quantitative estimate of drug-likeness (QED) is 0.695. The smallest absolute Gasteiger partial charge is 0.0484 e. The highest BCUT2D eigenvalue weighted by atomic mass is 16.3. The van der Waals surface area contributed by atoms with Gasteiger partial charge in [-0.1, -0.05) is 41.0 Å². The van der Waals surface area contributed by atoms with Gasteiger partial charge in [-0.15, -0.1) is 0 Å². The SMILES string of the molecule is CCC(C)(CO)CCCC(C)(C)C. The maximum Gasteiger partial charge on any atom is 0.0484 e. The Kier molecular flexibility index (Phi) is 4.98. The summed E-state index contributed by atoms with van der Waals surface area (Å²) in [5.74, 6) is 0. The average molecular weight is 186 g/mol. The van der Waals surface area contributed by atoms with Gasteiger partial charge in [0.05, 0.1) is 0 Å². The Balaban J connectivity index is 3.74. The van der Waals surface area contributed by atoms with Crippen molar-refractivity contribution in [3.63, 3.8) is 0 Å². The molecule has 0 aliphatic carbocycles. The molecule has 0 fully saturated rings. The van der Waals surface area contributed by atoms with Crippen LogP contribution in [0.4, 0.5) is 0 Å². The van der Waals surface area contributed by atoms with Crippen LogP contribution in [0.2, 0.25) is 0 Å². The summed E-state index contributed by atoms with van der Waals surface area (Å²) in [4.78, 5) is 0. The van der Waals surface area contributed by atoms with Gasteiger partial charge in [0.25, 0.3) is 0 Å². The predicted molar refractivity (Wildman–Crippen MR) is 58.8 cm³/mol. The van der Waals surface area contributed by atoms with Gasteiger partial charge in [-0.05, 0) is 30.1 Å². The molecule has 0 bridgehead atoms. The number of aliphatic hydroxyl groups is 1. The second kappa shape index (κ2) is 4.99. The fourth-order valence-corrected chi connectivity index (χ4v) is 1.41. The van der Waals surface area contributed by atoms with E-state index in [0.717, 1.165) is 12.8 Å². The minimum Gasteiger partial charge on any atom is -0.396 e. The normalized spacial score (nSPS) is 17.1. The molecule has 1 atom stereocenters. The predicted octanol–water partition coefficient (Wildman–Crippen LogP) is 3.61. The van der Waals surface area contributed by atoms with Crippen LogP contribution in [-0.2, 0) is 0 Å². The first-order valence-corrected chi connectivity index (χ1v) is 5.44. The fourth-order valence-electron chi connectivity index (χ4n) is 1.41. The van der Waals surface area contributed by atoms with E-state index in [-0.39, 0.29) is 5.41 Å². The molecule has 1 N–H and O–H groups in total. The Labute approximate surface area is 83.5 Å². The summed E-state index contributed by atoms with van der Waals surface area (Å²) in [7, 11) is 0. The Morgan fingerprint density at radius 1 is 1.00 bits per heavy atom. The van der Waals surface area contributed by atoms with Gasteiger partial charge in [-0.3, -0.25) is 0 Å². The number of aliphatic hydroxyl groups excluding tert-OH is 1. The molecule has 0 aromatic heterocycles. The van der Waals surface area contributed by atoms with Gasteiger partial charge in [0, 0.05) is 6.61 Å². The molecular weight excluding hydrogens is 160 g/mol. The van der Waals surface area contributed by atoms with Crippen LogP contribution in [0.15, 0.2) is 0 Å². The van der Waals surface area contributed by atoms with E-state index in [4.69, 9.17) is 0 Å². The van der Waals surface area contributed by atoms with E-state index >= 15 is 0 Å². The van der Waals surface area contributed by atoms with Crippen LogP contribution in [-0.4, -0.2) is 11.7 Å². The summed E-state index contributed by atoms with van der Waals surface area (Å²) in [5, 5.41) is 9.21. The Hall–Kier alpha value is -0.0400. The minimum atomic E-state index is 0.158. The molecule has 0 aliphatic rings. The van der Waals surface area contributed by atoms with Crippen molar-refractivity contribution in [3.05, 3.63) is 0 Å². The molecule has 1 nitrogen and oxygen atoms in total. The summed E-state index contributed by atoms with van der Waals surface area (Å²) in [5.41, 5.74) is 0.593. The van der Waals surface area contributed by atoms with Crippen LogP contribution in [0.25, 0.3) is 0 Å². The zero-order valence-electron chi connectivity index (χ0n) is 9.98. The van der Waals surface area contributed by atoms with Crippen molar-refractivity contribution in [2.75, 3.05) is 6.61 Å². The van der Waals surface area contributed by atoms with Crippen molar-refractivity contribution >= 4 is 0 Å². The topological polar surface area (TPSA) is 20.2 Å². The molecule has 1 heteroatoms. The zero-order chi connectivity index (χ0) is 10.5. The van der Waals surface area contributed by atoms with E-state index in [1.54, 1.807) is 0 Å².